The van der Waals surface area contributed by atoms with Crippen molar-refractivity contribution in [3.05, 3.63) is 51.8 Å². The molecule has 20 heavy (non-hydrogen) atoms. The maximum absolute atomic E-state index is 4.52. The van der Waals surface area contributed by atoms with Crippen LogP contribution in [0.4, 0.5) is 0 Å². The molecule has 1 heterocycles. The van der Waals surface area contributed by atoms with Gasteiger partial charge in [-0.05, 0) is 45.0 Å². The highest BCUT2D eigenvalue weighted by Crippen LogP contribution is 2.19. The van der Waals surface area contributed by atoms with Crippen LogP contribution in [-0.2, 0) is 19.4 Å². The lowest BCUT2D eigenvalue weighted by Crippen LogP contribution is -2.31. The van der Waals surface area contributed by atoms with E-state index in [0.29, 0.717) is 6.04 Å². The normalized spacial score (nSPS) is 12.6. The highest BCUT2D eigenvalue weighted by atomic mass is 79.9. The molecule has 0 radical (unpaired) electrons. The number of aryl methyl sites for hydroxylation is 2. The Morgan fingerprint density at radius 3 is 2.70 bits per heavy atom. The van der Waals surface area contributed by atoms with Crippen molar-refractivity contribution < 1.29 is 0 Å². The lowest BCUT2D eigenvalue weighted by Gasteiger charge is -2.17. The fraction of sp³-hybridized carbons (Fsp3) is 0.438. The van der Waals surface area contributed by atoms with Crippen LogP contribution >= 0.6 is 15.9 Å². The molecule has 0 aliphatic rings. The molecule has 0 fully saturated rings. The highest BCUT2D eigenvalue weighted by molar-refractivity contribution is 9.10. The van der Waals surface area contributed by atoms with Crippen LogP contribution in [0.3, 0.4) is 0 Å². The van der Waals surface area contributed by atoms with Gasteiger partial charge in [-0.2, -0.15) is 5.10 Å². The van der Waals surface area contributed by atoms with E-state index in [1.54, 1.807) is 0 Å². The summed E-state index contributed by atoms with van der Waals surface area (Å²) < 4.78 is 3.28. The van der Waals surface area contributed by atoms with Crippen molar-refractivity contribution >= 4 is 15.9 Å². The summed E-state index contributed by atoms with van der Waals surface area (Å²) in [6.45, 7) is 5.12. The summed E-state index contributed by atoms with van der Waals surface area (Å²) in [6.07, 6.45) is 2.00. The number of hydrogen-bond donors (Lipinski definition) is 1. The molecule has 0 bridgehead atoms. The van der Waals surface area contributed by atoms with Gasteiger partial charge in [0.05, 0.1) is 5.69 Å². The quantitative estimate of drug-likeness (QED) is 0.877. The van der Waals surface area contributed by atoms with Crippen molar-refractivity contribution in [2.24, 2.45) is 0 Å². The molecule has 1 N–H and O–H groups in total. The van der Waals surface area contributed by atoms with Crippen molar-refractivity contribution in [2.45, 2.75) is 39.3 Å². The SMILES string of the molecule is CCn1nc(C)cc1CC(Cc1ccccc1Br)NC. The fourth-order valence-corrected chi connectivity index (χ4v) is 2.94. The van der Waals surface area contributed by atoms with E-state index in [9.17, 15) is 0 Å². The molecule has 3 nitrogen and oxygen atoms in total. The zero-order chi connectivity index (χ0) is 14.5. The molecule has 0 aliphatic heterocycles. The van der Waals surface area contributed by atoms with Gasteiger partial charge in [-0.25, -0.2) is 0 Å². The van der Waals surface area contributed by atoms with E-state index in [0.717, 1.165) is 25.1 Å². The largest absolute Gasteiger partial charge is 0.316 e. The van der Waals surface area contributed by atoms with E-state index in [-0.39, 0.29) is 0 Å². The predicted molar refractivity (Wildman–Crippen MR) is 87.0 cm³/mol. The van der Waals surface area contributed by atoms with Crippen molar-refractivity contribution in [1.29, 1.82) is 0 Å². The Morgan fingerprint density at radius 2 is 2.05 bits per heavy atom. The van der Waals surface area contributed by atoms with E-state index in [2.05, 4.69) is 75.2 Å². The summed E-state index contributed by atoms with van der Waals surface area (Å²) in [5.74, 6) is 0. The summed E-state index contributed by atoms with van der Waals surface area (Å²) in [7, 11) is 2.03. The standard InChI is InChI=1S/C16H22BrN3/c1-4-20-15(9-12(2)19-20)11-14(18-3)10-13-7-5-6-8-16(13)17/h5-9,14,18H,4,10-11H2,1-3H3. The van der Waals surface area contributed by atoms with Crippen LogP contribution < -0.4 is 5.32 Å². The predicted octanol–water partition coefficient (Wildman–Crippen LogP) is 3.35. The molecular formula is C16H22BrN3. The van der Waals surface area contributed by atoms with Crippen molar-refractivity contribution in [1.82, 2.24) is 15.1 Å². The van der Waals surface area contributed by atoms with Crippen molar-refractivity contribution in [2.75, 3.05) is 7.05 Å². The minimum absolute atomic E-state index is 0.412. The Labute approximate surface area is 129 Å². The van der Waals surface area contributed by atoms with E-state index < -0.39 is 0 Å². The Hall–Kier alpha value is -1.13. The molecule has 0 aliphatic carbocycles. The number of halogens is 1. The number of nitrogens with one attached hydrogen (secondary N) is 1. The smallest absolute Gasteiger partial charge is 0.0596 e. The second-order valence-electron chi connectivity index (χ2n) is 5.08. The van der Waals surface area contributed by atoms with Gasteiger partial charge in [0.15, 0.2) is 0 Å². The maximum Gasteiger partial charge on any atom is 0.0596 e. The zero-order valence-corrected chi connectivity index (χ0v) is 13.9. The lowest BCUT2D eigenvalue weighted by molar-refractivity contribution is 0.519. The maximum atomic E-state index is 4.52. The summed E-state index contributed by atoms with van der Waals surface area (Å²) in [5.41, 5.74) is 3.74. The molecule has 0 saturated carbocycles. The first-order valence-corrected chi connectivity index (χ1v) is 7.87. The molecule has 1 aromatic carbocycles. The first-order valence-electron chi connectivity index (χ1n) is 7.08. The minimum atomic E-state index is 0.412. The van der Waals surface area contributed by atoms with Crippen LogP contribution in [0, 0.1) is 6.92 Å². The fourth-order valence-electron chi connectivity index (χ4n) is 2.50. The molecule has 0 saturated heterocycles. The summed E-state index contributed by atoms with van der Waals surface area (Å²) in [6, 6.07) is 11.0. The average molecular weight is 336 g/mol. The van der Waals surface area contributed by atoms with Gasteiger partial charge in [-0.15, -0.1) is 0 Å². The second kappa shape index (κ2) is 7.04. The summed E-state index contributed by atoms with van der Waals surface area (Å²) >= 11 is 3.63. The Balaban J connectivity index is 2.11. The van der Waals surface area contributed by atoms with Crippen LogP contribution in [0.15, 0.2) is 34.8 Å². The third-order valence-corrected chi connectivity index (χ3v) is 4.35. The third-order valence-electron chi connectivity index (χ3n) is 3.57. The first-order chi connectivity index (χ1) is 9.63. The van der Waals surface area contributed by atoms with Gasteiger partial charge in [0, 0.05) is 29.2 Å². The number of likely N-dealkylation sites (N-methyl/N-ethyl adjacent to an activating group) is 1. The van der Waals surface area contributed by atoms with E-state index in [1.165, 1.54) is 15.7 Å². The summed E-state index contributed by atoms with van der Waals surface area (Å²) in [4.78, 5) is 0. The highest BCUT2D eigenvalue weighted by Gasteiger charge is 2.13. The van der Waals surface area contributed by atoms with Crippen molar-refractivity contribution in [3.8, 4) is 0 Å². The molecule has 2 aromatic rings. The average Bonchev–Trinajstić information content (AvgIpc) is 2.80. The molecule has 2 rings (SSSR count). The van der Waals surface area contributed by atoms with Crippen LogP contribution in [0.25, 0.3) is 0 Å². The van der Waals surface area contributed by atoms with E-state index >= 15 is 0 Å². The van der Waals surface area contributed by atoms with Gasteiger partial charge in [0.25, 0.3) is 0 Å². The summed E-state index contributed by atoms with van der Waals surface area (Å²) in [5, 5.41) is 7.95. The van der Waals surface area contributed by atoms with E-state index in [4.69, 9.17) is 0 Å². The van der Waals surface area contributed by atoms with Gasteiger partial charge >= 0.3 is 0 Å². The number of hydrogen-bond acceptors (Lipinski definition) is 2. The monoisotopic (exact) mass is 335 g/mol. The Morgan fingerprint density at radius 1 is 1.30 bits per heavy atom. The Kier molecular flexibility index (Phi) is 5.38. The van der Waals surface area contributed by atoms with E-state index in [1.807, 2.05) is 7.05 Å². The molecule has 0 spiro atoms. The number of rotatable bonds is 6. The van der Waals surface area contributed by atoms with Crippen molar-refractivity contribution in [3.63, 3.8) is 0 Å². The molecular weight excluding hydrogens is 314 g/mol. The van der Waals surface area contributed by atoms with Crippen LogP contribution in [0.5, 0.6) is 0 Å². The second-order valence-corrected chi connectivity index (χ2v) is 5.93. The van der Waals surface area contributed by atoms with Crippen LogP contribution in [-0.4, -0.2) is 22.9 Å². The lowest BCUT2D eigenvalue weighted by atomic mass is 10.0. The first kappa shape index (κ1) is 15.3. The van der Waals surface area contributed by atoms with Gasteiger partial charge in [0.1, 0.15) is 0 Å². The topological polar surface area (TPSA) is 29.9 Å². The number of aromatic nitrogens is 2. The molecule has 108 valence electrons. The Bertz CT molecular complexity index is 563. The molecule has 4 heteroatoms. The van der Waals surface area contributed by atoms with Gasteiger partial charge in [-0.1, -0.05) is 34.1 Å². The van der Waals surface area contributed by atoms with Crippen LogP contribution in [0.2, 0.25) is 0 Å². The third kappa shape index (κ3) is 3.70. The van der Waals surface area contributed by atoms with Crippen LogP contribution in [0.1, 0.15) is 23.9 Å². The molecule has 1 unspecified atom stereocenters. The van der Waals surface area contributed by atoms with Gasteiger partial charge in [-0.3, -0.25) is 4.68 Å². The number of nitrogens with zero attached hydrogens (tertiary/aromatic N) is 2. The number of benzene rings is 1. The molecule has 0 amide bonds. The zero-order valence-electron chi connectivity index (χ0n) is 12.4. The minimum Gasteiger partial charge on any atom is -0.316 e. The van der Waals surface area contributed by atoms with Gasteiger partial charge in [0.2, 0.25) is 0 Å². The molecule has 1 aromatic heterocycles. The molecule has 1 atom stereocenters. The van der Waals surface area contributed by atoms with Gasteiger partial charge < -0.3 is 5.32 Å².